The van der Waals surface area contributed by atoms with Gasteiger partial charge < -0.3 is 4.90 Å². The molecule has 0 bridgehead atoms. The number of alkyl halides is 3. The van der Waals surface area contributed by atoms with Gasteiger partial charge in [0, 0.05) is 20.1 Å². The van der Waals surface area contributed by atoms with E-state index >= 15 is 0 Å². The smallest absolute Gasteiger partial charge is 0.308 e. The lowest BCUT2D eigenvalue weighted by molar-refractivity contribution is -0.137. The standard InChI is InChI=1S/C12H16ClF3N2O2S/c1-17(2)6-7-18(3)21(19,20)11-8-9(12(14,15)16)4-5-10(11)13/h4-5,8H,6-7H2,1-3H3. The van der Waals surface area contributed by atoms with Gasteiger partial charge in [0.1, 0.15) is 4.90 Å². The van der Waals surface area contributed by atoms with Crippen LogP contribution in [0.3, 0.4) is 0 Å². The lowest BCUT2D eigenvalue weighted by Gasteiger charge is -2.20. The third-order valence-corrected chi connectivity index (χ3v) is 5.15. The second-order valence-corrected chi connectivity index (χ2v) is 7.19. The van der Waals surface area contributed by atoms with Crippen LogP contribution in [0.5, 0.6) is 0 Å². The molecule has 120 valence electrons. The summed E-state index contributed by atoms with van der Waals surface area (Å²) in [5, 5.41) is -0.236. The van der Waals surface area contributed by atoms with Gasteiger partial charge in [-0.05, 0) is 32.3 Å². The molecule has 0 aliphatic heterocycles. The van der Waals surface area contributed by atoms with Crippen molar-refractivity contribution in [1.82, 2.24) is 9.21 Å². The fourth-order valence-corrected chi connectivity index (χ4v) is 3.16. The summed E-state index contributed by atoms with van der Waals surface area (Å²) in [7, 11) is 0.751. The Hall–Kier alpha value is -0.830. The van der Waals surface area contributed by atoms with Gasteiger partial charge >= 0.3 is 6.18 Å². The minimum Gasteiger partial charge on any atom is -0.308 e. The maximum atomic E-state index is 12.7. The Balaban J connectivity index is 3.19. The third-order valence-electron chi connectivity index (χ3n) is 2.81. The summed E-state index contributed by atoms with van der Waals surface area (Å²) in [6.07, 6.45) is -4.63. The minimum absolute atomic E-state index is 0.141. The summed E-state index contributed by atoms with van der Waals surface area (Å²) < 4.78 is 63.6. The van der Waals surface area contributed by atoms with Gasteiger partial charge in [0.25, 0.3) is 0 Å². The van der Waals surface area contributed by atoms with E-state index in [2.05, 4.69) is 0 Å². The predicted molar refractivity (Wildman–Crippen MR) is 74.8 cm³/mol. The van der Waals surface area contributed by atoms with Gasteiger partial charge in [-0.2, -0.15) is 17.5 Å². The normalized spacial score (nSPS) is 13.2. The fraction of sp³-hybridized carbons (Fsp3) is 0.500. The molecule has 9 heteroatoms. The molecule has 0 aromatic heterocycles. The molecule has 0 aliphatic rings. The molecule has 0 heterocycles. The van der Waals surface area contributed by atoms with Crippen molar-refractivity contribution in [2.75, 3.05) is 34.2 Å². The van der Waals surface area contributed by atoms with Crippen LogP contribution in [-0.4, -0.2) is 51.9 Å². The molecule has 1 aromatic rings. The molecule has 0 radical (unpaired) electrons. The van der Waals surface area contributed by atoms with E-state index in [1.54, 1.807) is 19.0 Å². The van der Waals surface area contributed by atoms with Crippen molar-refractivity contribution in [3.63, 3.8) is 0 Å². The first-order valence-corrected chi connectivity index (χ1v) is 7.76. The van der Waals surface area contributed by atoms with E-state index in [0.29, 0.717) is 12.6 Å². The van der Waals surface area contributed by atoms with Crippen LogP contribution in [0.15, 0.2) is 23.1 Å². The molecule has 0 saturated heterocycles. The summed E-state index contributed by atoms with van der Waals surface area (Å²) in [6, 6.07) is 2.25. The Morgan fingerprint density at radius 1 is 1.14 bits per heavy atom. The molecule has 0 saturated carbocycles. The first-order chi connectivity index (χ1) is 9.46. The predicted octanol–water partition coefficient (Wildman–Crippen LogP) is 2.54. The maximum absolute atomic E-state index is 12.7. The second-order valence-electron chi connectivity index (χ2n) is 4.77. The van der Waals surface area contributed by atoms with Crippen LogP contribution < -0.4 is 0 Å². The van der Waals surface area contributed by atoms with Crippen molar-refractivity contribution in [2.24, 2.45) is 0 Å². The topological polar surface area (TPSA) is 40.6 Å². The largest absolute Gasteiger partial charge is 0.416 e. The molecule has 0 unspecified atom stereocenters. The van der Waals surface area contributed by atoms with E-state index in [0.717, 1.165) is 16.4 Å². The van der Waals surface area contributed by atoms with Crippen LogP contribution in [0.25, 0.3) is 0 Å². The van der Waals surface area contributed by atoms with Crippen molar-refractivity contribution in [3.05, 3.63) is 28.8 Å². The van der Waals surface area contributed by atoms with Crippen LogP contribution in [0.4, 0.5) is 13.2 Å². The number of halogens is 4. The van der Waals surface area contributed by atoms with Gasteiger partial charge in [0.15, 0.2) is 0 Å². The van der Waals surface area contributed by atoms with Crippen LogP contribution in [0.2, 0.25) is 5.02 Å². The highest BCUT2D eigenvalue weighted by molar-refractivity contribution is 7.89. The van der Waals surface area contributed by atoms with Gasteiger partial charge in [-0.15, -0.1) is 0 Å². The highest BCUT2D eigenvalue weighted by Gasteiger charge is 2.33. The van der Waals surface area contributed by atoms with Crippen molar-refractivity contribution < 1.29 is 21.6 Å². The highest BCUT2D eigenvalue weighted by Crippen LogP contribution is 2.34. The van der Waals surface area contributed by atoms with E-state index in [-0.39, 0.29) is 11.6 Å². The van der Waals surface area contributed by atoms with Gasteiger partial charge in [-0.25, -0.2) is 8.42 Å². The Kier molecular flexibility index (Phi) is 5.65. The molecule has 1 rings (SSSR count). The fourth-order valence-electron chi connectivity index (χ4n) is 1.51. The highest BCUT2D eigenvalue weighted by atomic mass is 35.5. The van der Waals surface area contributed by atoms with Crippen LogP contribution in [-0.2, 0) is 16.2 Å². The molecule has 0 aliphatic carbocycles. The molecule has 0 atom stereocenters. The zero-order valence-corrected chi connectivity index (χ0v) is 13.3. The van der Waals surface area contributed by atoms with E-state index in [4.69, 9.17) is 11.6 Å². The molecule has 21 heavy (non-hydrogen) atoms. The Morgan fingerprint density at radius 2 is 1.71 bits per heavy atom. The molecule has 0 spiro atoms. The van der Waals surface area contributed by atoms with Crippen molar-refractivity contribution in [1.29, 1.82) is 0 Å². The zero-order chi connectivity index (χ0) is 16.4. The quantitative estimate of drug-likeness (QED) is 0.824. The number of benzene rings is 1. The maximum Gasteiger partial charge on any atom is 0.416 e. The van der Waals surface area contributed by atoms with Crippen LogP contribution in [0.1, 0.15) is 5.56 Å². The van der Waals surface area contributed by atoms with Crippen LogP contribution >= 0.6 is 11.6 Å². The SMILES string of the molecule is CN(C)CCN(C)S(=O)(=O)c1cc(C(F)(F)F)ccc1Cl. The molecular weight excluding hydrogens is 329 g/mol. The number of sulfonamides is 1. The van der Waals surface area contributed by atoms with Gasteiger partial charge in [0.05, 0.1) is 10.6 Å². The van der Waals surface area contributed by atoms with E-state index < -0.39 is 26.7 Å². The number of hydrogen-bond acceptors (Lipinski definition) is 3. The van der Waals surface area contributed by atoms with Crippen molar-refractivity contribution in [3.8, 4) is 0 Å². The molecule has 1 aromatic carbocycles. The second kappa shape index (κ2) is 6.51. The molecule has 0 N–H and O–H groups in total. The zero-order valence-electron chi connectivity index (χ0n) is 11.8. The Morgan fingerprint density at radius 3 is 2.19 bits per heavy atom. The van der Waals surface area contributed by atoms with E-state index in [1.807, 2.05) is 0 Å². The van der Waals surface area contributed by atoms with Gasteiger partial charge in [-0.3, -0.25) is 0 Å². The summed E-state index contributed by atoms with van der Waals surface area (Å²) in [5.41, 5.74) is -1.05. The van der Waals surface area contributed by atoms with Gasteiger partial charge in [-0.1, -0.05) is 11.6 Å². The molecular formula is C12H16ClF3N2O2S. The van der Waals surface area contributed by atoms with Crippen LogP contribution in [0, 0.1) is 0 Å². The Bertz CT molecular complexity index is 603. The van der Waals surface area contributed by atoms with Crippen molar-refractivity contribution in [2.45, 2.75) is 11.1 Å². The first-order valence-electron chi connectivity index (χ1n) is 5.94. The lowest BCUT2D eigenvalue weighted by atomic mass is 10.2. The summed E-state index contributed by atoms with van der Waals surface area (Å²) in [5.74, 6) is 0. The van der Waals surface area contributed by atoms with Gasteiger partial charge in [0.2, 0.25) is 10.0 Å². The summed E-state index contributed by atoms with van der Waals surface area (Å²) in [6.45, 7) is 0.578. The average Bonchev–Trinajstić information content (AvgIpc) is 2.34. The number of hydrogen-bond donors (Lipinski definition) is 0. The molecule has 0 fully saturated rings. The monoisotopic (exact) mass is 344 g/mol. The van der Waals surface area contributed by atoms with E-state index in [1.165, 1.54) is 7.05 Å². The third kappa shape index (κ3) is 4.57. The number of likely N-dealkylation sites (N-methyl/N-ethyl adjacent to an activating group) is 2. The molecule has 0 amide bonds. The lowest BCUT2D eigenvalue weighted by Crippen LogP contribution is -2.33. The number of nitrogens with zero attached hydrogens (tertiary/aromatic N) is 2. The average molecular weight is 345 g/mol. The molecule has 4 nitrogen and oxygen atoms in total. The first kappa shape index (κ1) is 18.2. The number of rotatable bonds is 5. The summed E-state index contributed by atoms with van der Waals surface area (Å²) in [4.78, 5) is 1.22. The van der Waals surface area contributed by atoms with E-state index in [9.17, 15) is 21.6 Å². The minimum atomic E-state index is -4.63. The van der Waals surface area contributed by atoms with Crippen molar-refractivity contribution >= 4 is 21.6 Å². The Labute approximate surface area is 127 Å². The summed E-state index contributed by atoms with van der Waals surface area (Å²) >= 11 is 5.75.